The maximum Gasteiger partial charge on any atom is 0.220 e. The van der Waals surface area contributed by atoms with Crippen LogP contribution in [0.2, 0.25) is 0 Å². The van der Waals surface area contributed by atoms with Crippen LogP contribution in [0.3, 0.4) is 0 Å². The number of aliphatic hydroxyl groups excluding tert-OH is 1. The molecule has 0 heterocycles. The molecule has 0 aliphatic heterocycles. The Labute approximate surface area is 124 Å². The molecule has 1 atom stereocenters. The second kappa shape index (κ2) is 8.63. The highest BCUT2D eigenvalue weighted by Crippen LogP contribution is 2.32. The lowest BCUT2D eigenvalue weighted by Crippen LogP contribution is -2.50. The van der Waals surface area contributed by atoms with E-state index in [1.807, 2.05) is 13.8 Å². The van der Waals surface area contributed by atoms with Crippen LogP contribution in [-0.2, 0) is 4.79 Å². The number of rotatable bonds is 9. The lowest BCUT2D eigenvalue weighted by atomic mass is 9.76. The third-order valence-electron chi connectivity index (χ3n) is 4.52. The highest BCUT2D eigenvalue weighted by Gasteiger charge is 2.28. The Balaban J connectivity index is 4.46. The van der Waals surface area contributed by atoms with E-state index in [0.29, 0.717) is 18.9 Å². The summed E-state index contributed by atoms with van der Waals surface area (Å²) >= 11 is 0. The Morgan fingerprint density at radius 3 is 2.10 bits per heavy atom. The van der Waals surface area contributed by atoms with E-state index in [1.165, 1.54) is 0 Å². The Morgan fingerprint density at radius 1 is 1.20 bits per heavy atom. The van der Waals surface area contributed by atoms with Crippen molar-refractivity contribution < 1.29 is 9.90 Å². The predicted molar refractivity (Wildman–Crippen MR) is 84.4 cm³/mol. The fourth-order valence-electron chi connectivity index (χ4n) is 2.57. The molecule has 4 N–H and O–H groups in total. The second-order valence-electron chi connectivity index (χ2n) is 6.87. The SMILES string of the molecule is CCC(CC)(CO)NC(=O)CCC(CCN)C(C)(C)C. The van der Waals surface area contributed by atoms with Crippen molar-refractivity contribution in [1.82, 2.24) is 5.32 Å². The largest absolute Gasteiger partial charge is 0.394 e. The number of carbonyl (C=O) groups excluding carboxylic acids is 1. The van der Waals surface area contributed by atoms with Gasteiger partial charge in [-0.15, -0.1) is 0 Å². The minimum atomic E-state index is -0.456. The van der Waals surface area contributed by atoms with Gasteiger partial charge in [0, 0.05) is 6.42 Å². The lowest BCUT2D eigenvalue weighted by molar-refractivity contribution is -0.124. The summed E-state index contributed by atoms with van der Waals surface area (Å²) in [6.07, 6.45) is 3.79. The first-order valence-corrected chi connectivity index (χ1v) is 7.86. The van der Waals surface area contributed by atoms with Gasteiger partial charge in [0.2, 0.25) is 5.91 Å². The van der Waals surface area contributed by atoms with Crippen LogP contribution < -0.4 is 11.1 Å². The summed E-state index contributed by atoms with van der Waals surface area (Å²) in [5.41, 5.74) is 5.38. The number of carbonyl (C=O) groups is 1. The molecule has 0 spiro atoms. The Hall–Kier alpha value is -0.610. The van der Waals surface area contributed by atoms with Crippen molar-refractivity contribution in [2.75, 3.05) is 13.2 Å². The molecule has 0 aliphatic rings. The zero-order chi connectivity index (χ0) is 15.8. The van der Waals surface area contributed by atoms with Gasteiger partial charge in [-0.05, 0) is 43.6 Å². The van der Waals surface area contributed by atoms with Crippen LogP contribution in [0.15, 0.2) is 0 Å². The van der Waals surface area contributed by atoms with E-state index in [9.17, 15) is 9.90 Å². The molecule has 0 aliphatic carbocycles. The highest BCUT2D eigenvalue weighted by atomic mass is 16.3. The highest BCUT2D eigenvalue weighted by molar-refractivity contribution is 5.76. The summed E-state index contributed by atoms with van der Waals surface area (Å²) in [5, 5.41) is 12.5. The van der Waals surface area contributed by atoms with Gasteiger partial charge >= 0.3 is 0 Å². The van der Waals surface area contributed by atoms with Gasteiger partial charge < -0.3 is 16.2 Å². The molecular formula is C16H34N2O2. The summed E-state index contributed by atoms with van der Waals surface area (Å²) in [7, 11) is 0. The van der Waals surface area contributed by atoms with Crippen LogP contribution in [0.1, 0.15) is 66.7 Å². The van der Waals surface area contributed by atoms with E-state index < -0.39 is 5.54 Å². The predicted octanol–water partition coefficient (Wildman–Crippen LogP) is 2.45. The van der Waals surface area contributed by atoms with E-state index >= 15 is 0 Å². The average Bonchev–Trinajstić information content (AvgIpc) is 2.39. The van der Waals surface area contributed by atoms with E-state index in [0.717, 1.165) is 25.7 Å². The summed E-state index contributed by atoms with van der Waals surface area (Å²) in [6, 6.07) is 0. The standard InChI is InChI=1S/C16H34N2O2/c1-6-16(7-2,12-19)18-14(20)9-8-13(10-11-17)15(3,4)5/h13,19H,6-12,17H2,1-5H3,(H,18,20). The third-order valence-corrected chi connectivity index (χ3v) is 4.52. The summed E-state index contributed by atoms with van der Waals surface area (Å²) in [5.74, 6) is 0.485. The number of nitrogens with one attached hydrogen (secondary N) is 1. The Morgan fingerprint density at radius 2 is 1.75 bits per heavy atom. The molecule has 0 fully saturated rings. The van der Waals surface area contributed by atoms with E-state index in [4.69, 9.17) is 5.73 Å². The van der Waals surface area contributed by atoms with Gasteiger partial charge in [0.05, 0.1) is 12.1 Å². The third kappa shape index (κ3) is 6.23. The zero-order valence-electron chi connectivity index (χ0n) is 14.0. The monoisotopic (exact) mass is 286 g/mol. The first-order valence-electron chi connectivity index (χ1n) is 7.86. The molecular weight excluding hydrogens is 252 g/mol. The molecule has 0 saturated heterocycles. The number of nitrogens with two attached hydrogens (primary N) is 1. The fraction of sp³-hybridized carbons (Fsp3) is 0.938. The summed E-state index contributed by atoms with van der Waals surface area (Å²) in [4.78, 5) is 12.1. The van der Waals surface area contributed by atoms with Crippen molar-refractivity contribution in [3.63, 3.8) is 0 Å². The quantitative estimate of drug-likeness (QED) is 0.609. The molecule has 20 heavy (non-hydrogen) atoms. The molecule has 0 saturated carbocycles. The van der Waals surface area contributed by atoms with Crippen molar-refractivity contribution >= 4 is 5.91 Å². The first-order chi connectivity index (χ1) is 9.24. The van der Waals surface area contributed by atoms with Crippen LogP contribution in [-0.4, -0.2) is 29.7 Å². The normalized spacial score (nSPS) is 14.2. The number of amides is 1. The smallest absolute Gasteiger partial charge is 0.220 e. The zero-order valence-corrected chi connectivity index (χ0v) is 14.0. The maximum atomic E-state index is 12.1. The number of hydrogen-bond donors (Lipinski definition) is 3. The lowest BCUT2D eigenvalue weighted by Gasteiger charge is -2.33. The molecule has 1 unspecified atom stereocenters. The van der Waals surface area contributed by atoms with Crippen molar-refractivity contribution in [3.05, 3.63) is 0 Å². The van der Waals surface area contributed by atoms with Gasteiger partial charge in [-0.1, -0.05) is 34.6 Å². The number of aliphatic hydroxyl groups is 1. The average molecular weight is 286 g/mol. The Bertz CT molecular complexity index is 272. The maximum absolute atomic E-state index is 12.1. The van der Waals surface area contributed by atoms with Crippen molar-refractivity contribution in [3.8, 4) is 0 Å². The second-order valence-corrected chi connectivity index (χ2v) is 6.87. The van der Waals surface area contributed by atoms with Crippen LogP contribution >= 0.6 is 0 Å². The van der Waals surface area contributed by atoms with Gasteiger partial charge in [0.1, 0.15) is 0 Å². The van der Waals surface area contributed by atoms with Crippen molar-refractivity contribution in [2.45, 2.75) is 72.3 Å². The molecule has 0 radical (unpaired) electrons. The van der Waals surface area contributed by atoms with E-state index in [-0.39, 0.29) is 17.9 Å². The molecule has 0 aromatic rings. The van der Waals surface area contributed by atoms with E-state index in [1.54, 1.807) is 0 Å². The minimum absolute atomic E-state index is 0.00274. The molecule has 4 heteroatoms. The van der Waals surface area contributed by atoms with Crippen LogP contribution in [0, 0.1) is 11.3 Å². The molecule has 1 amide bonds. The van der Waals surface area contributed by atoms with Crippen LogP contribution in [0.4, 0.5) is 0 Å². The van der Waals surface area contributed by atoms with Gasteiger partial charge in [0.25, 0.3) is 0 Å². The molecule has 4 nitrogen and oxygen atoms in total. The Kier molecular flexibility index (Phi) is 8.36. The van der Waals surface area contributed by atoms with Crippen LogP contribution in [0.5, 0.6) is 0 Å². The minimum Gasteiger partial charge on any atom is -0.394 e. The number of hydrogen-bond acceptors (Lipinski definition) is 3. The van der Waals surface area contributed by atoms with Crippen molar-refractivity contribution in [1.29, 1.82) is 0 Å². The molecule has 0 bridgehead atoms. The first kappa shape index (κ1) is 19.4. The topological polar surface area (TPSA) is 75.3 Å². The van der Waals surface area contributed by atoms with Crippen LogP contribution in [0.25, 0.3) is 0 Å². The van der Waals surface area contributed by atoms with Gasteiger partial charge in [-0.25, -0.2) is 0 Å². The molecule has 120 valence electrons. The molecule has 0 aromatic heterocycles. The summed E-state index contributed by atoms with van der Waals surface area (Å²) < 4.78 is 0. The van der Waals surface area contributed by atoms with Gasteiger partial charge in [-0.3, -0.25) is 4.79 Å². The molecule has 0 aromatic carbocycles. The molecule has 0 rings (SSSR count). The fourth-order valence-corrected chi connectivity index (χ4v) is 2.57. The van der Waals surface area contributed by atoms with Gasteiger partial charge in [0.15, 0.2) is 0 Å². The van der Waals surface area contributed by atoms with E-state index in [2.05, 4.69) is 26.1 Å². The van der Waals surface area contributed by atoms with Gasteiger partial charge in [-0.2, -0.15) is 0 Å². The summed E-state index contributed by atoms with van der Waals surface area (Å²) in [6.45, 7) is 11.2. The van der Waals surface area contributed by atoms with Crippen molar-refractivity contribution in [2.24, 2.45) is 17.1 Å².